The summed E-state index contributed by atoms with van der Waals surface area (Å²) >= 11 is 0. The third-order valence-electron chi connectivity index (χ3n) is 4.22. The van der Waals surface area contributed by atoms with Gasteiger partial charge in [0.25, 0.3) is 0 Å². The van der Waals surface area contributed by atoms with E-state index in [1.165, 1.54) is 5.01 Å². The van der Waals surface area contributed by atoms with Gasteiger partial charge in [-0.2, -0.15) is 0 Å². The number of amides is 1. The largest absolute Gasteiger partial charge is 0.390 e. The van der Waals surface area contributed by atoms with Crippen LogP contribution in [0, 0.1) is 5.92 Å². The van der Waals surface area contributed by atoms with Crippen LogP contribution in [0.15, 0.2) is 0 Å². The van der Waals surface area contributed by atoms with E-state index in [9.17, 15) is 18.3 Å². The number of hydrogen-bond donors (Lipinski definition) is 1. The minimum Gasteiger partial charge on any atom is -0.390 e. The zero-order chi connectivity index (χ0) is 14.9. The molecule has 1 amide bonds. The van der Waals surface area contributed by atoms with Gasteiger partial charge in [-0.1, -0.05) is 19.3 Å². The second kappa shape index (κ2) is 5.99. The van der Waals surface area contributed by atoms with Crippen LogP contribution in [0.5, 0.6) is 0 Å². The van der Waals surface area contributed by atoms with Gasteiger partial charge in [0.15, 0.2) is 9.84 Å². The molecule has 0 aromatic heterocycles. The van der Waals surface area contributed by atoms with Gasteiger partial charge in [0.05, 0.1) is 23.7 Å². The minimum absolute atomic E-state index is 0.0401. The van der Waals surface area contributed by atoms with E-state index in [1.807, 2.05) is 0 Å². The standard InChI is InChI=1S/C13H24N2O4S/c1-14(2)15(11-8-20(18,19)9-12(11)16)13(17)10-6-4-3-5-7-10/h10-12,16H,3-9H2,1-2H3. The topological polar surface area (TPSA) is 77.9 Å². The first-order valence-electron chi connectivity index (χ1n) is 7.20. The quantitative estimate of drug-likeness (QED) is 0.744. The van der Waals surface area contributed by atoms with Gasteiger partial charge < -0.3 is 5.11 Å². The maximum atomic E-state index is 12.7. The van der Waals surface area contributed by atoms with E-state index in [4.69, 9.17) is 0 Å². The molecule has 6 nitrogen and oxygen atoms in total. The first-order valence-corrected chi connectivity index (χ1v) is 9.03. The normalized spacial score (nSPS) is 30.6. The summed E-state index contributed by atoms with van der Waals surface area (Å²) in [6.45, 7) is 0. The SMILES string of the molecule is CN(C)N(C(=O)C1CCCCC1)C1CS(=O)(=O)CC1O. The van der Waals surface area contributed by atoms with Crippen molar-refractivity contribution in [3.05, 3.63) is 0 Å². The Morgan fingerprint density at radius 2 is 1.70 bits per heavy atom. The molecule has 0 aromatic carbocycles. The van der Waals surface area contributed by atoms with Crippen LogP contribution in [0.2, 0.25) is 0 Å². The molecular formula is C13H24N2O4S. The molecule has 1 aliphatic carbocycles. The highest BCUT2D eigenvalue weighted by atomic mass is 32.2. The van der Waals surface area contributed by atoms with Crippen LogP contribution in [0.25, 0.3) is 0 Å². The van der Waals surface area contributed by atoms with Crippen LogP contribution >= 0.6 is 0 Å². The molecule has 0 aromatic rings. The molecule has 116 valence electrons. The zero-order valence-electron chi connectivity index (χ0n) is 12.2. The fourth-order valence-electron chi connectivity index (χ4n) is 3.24. The first kappa shape index (κ1) is 15.7. The van der Waals surface area contributed by atoms with Crippen LogP contribution in [-0.2, 0) is 14.6 Å². The summed E-state index contributed by atoms with van der Waals surface area (Å²) in [6, 6.07) is -0.649. The highest BCUT2D eigenvalue weighted by molar-refractivity contribution is 7.91. The van der Waals surface area contributed by atoms with E-state index < -0.39 is 22.0 Å². The molecule has 2 atom stereocenters. The molecule has 1 saturated heterocycles. The van der Waals surface area contributed by atoms with Gasteiger partial charge in [0.2, 0.25) is 5.91 Å². The van der Waals surface area contributed by atoms with E-state index in [2.05, 4.69) is 0 Å². The molecule has 0 radical (unpaired) electrons. The number of hydrogen-bond acceptors (Lipinski definition) is 5. The van der Waals surface area contributed by atoms with E-state index in [0.29, 0.717) is 0 Å². The van der Waals surface area contributed by atoms with Crippen LogP contribution < -0.4 is 0 Å². The van der Waals surface area contributed by atoms with Crippen molar-refractivity contribution < 1.29 is 18.3 Å². The summed E-state index contributed by atoms with van der Waals surface area (Å²) in [5, 5.41) is 13.1. The van der Waals surface area contributed by atoms with Crippen LogP contribution in [0.1, 0.15) is 32.1 Å². The molecule has 2 fully saturated rings. The Kier molecular flexibility index (Phi) is 4.71. The molecule has 2 unspecified atom stereocenters. The Hall–Kier alpha value is -0.660. The lowest BCUT2D eigenvalue weighted by atomic mass is 9.88. The van der Waals surface area contributed by atoms with Crippen molar-refractivity contribution >= 4 is 15.7 Å². The molecule has 7 heteroatoms. The second-order valence-electron chi connectivity index (χ2n) is 6.08. The van der Waals surface area contributed by atoms with Gasteiger partial charge in [0, 0.05) is 20.0 Å². The van der Waals surface area contributed by atoms with Crippen molar-refractivity contribution in [1.29, 1.82) is 0 Å². The molecule has 1 saturated carbocycles. The summed E-state index contributed by atoms with van der Waals surface area (Å²) in [4.78, 5) is 12.7. The number of aliphatic hydroxyl groups is 1. The highest BCUT2D eigenvalue weighted by Gasteiger charge is 2.44. The maximum Gasteiger partial charge on any atom is 0.240 e. The van der Waals surface area contributed by atoms with Gasteiger partial charge in [0.1, 0.15) is 0 Å². The number of sulfone groups is 1. The fourth-order valence-corrected chi connectivity index (χ4v) is 5.00. The maximum absolute atomic E-state index is 12.7. The molecule has 0 bridgehead atoms. The Morgan fingerprint density at radius 3 is 2.15 bits per heavy atom. The third kappa shape index (κ3) is 3.32. The van der Waals surface area contributed by atoms with E-state index in [-0.39, 0.29) is 23.3 Å². The number of hydrazine groups is 1. The molecule has 20 heavy (non-hydrogen) atoms. The number of rotatable bonds is 3. The van der Waals surface area contributed by atoms with Crippen molar-refractivity contribution in [2.75, 3.05) is 25.6 Å². The summed E-state index contributed by atoms with van der Waals surface area (Å²) in [7, 11) is 0.183. The fraction of sp³-hybridized carbons (Fsp3) is 0.923. The lowest BCUT2D eigenvalue weighted by Crippen LogP contribution is -2.55. The van der Waals surface area contributed by atoms with E-state index in [0.717, 1.165) is 32.1 Å². The van der Waals surface area contributed by atoms with Crippen molar-refractivity contribution in [2.45, 2.75) is 44.2 Å². The van der Waals surface area contributed by atoms with Crippen LogP contribution in [-0.4, -0.2) is 67.2 Å². The van der Waals surface area contributed by atoms with Gasteiger partial charge in [-0.3, -0.25) is 9.80 Å². The lowest BCUT2D eigenvalue weighted by Gasteiger charge is -2.38. The Labute approximate surface area is 120 Å². The first-order chi connectivity index (χ1) is 9.32. The summed E-state index contributed by atoms with van der Waals surface area (Å²) in [6.07, 6.45) is 3.98. The molecule has 2 aliphatic rings. The number of nitrogens with zero attached hydrogens (tertiary/aromatic N) is 2. The van der Waals surface area contributed by atoms with Gasteiger partial charge in [-0.15, -0.1) is 0 Å². The monoisotopic (exact) mass is 304 g/mol. The van der Waals surface area contributed by atoms with Crippen molar-refractivity contribution in [2.24, 2.45) is 5.92 Å². The predicted octanol–water partition coefficient (Wildman–Crippen LogP) is 0.0298. The van der Waals surface area contributed by atoms with Crippen molar-refractivity contribution in [1.82, 2.24) is 10.0 Å². The Bertz CT molecular complexity index is 457. The molecule has 1 N–H and O–H groups in total. The Morgan fingerprint density at radius 1 is 1.10 bits per heavy atom. The van der Waals surface area contributed by atoms with Gasteiger partial charge in [-0.05, 0) is 12.8 Å². The lowest BCUT2D eigenvalue weighted by molar-refractivity contribution is -0.158. The van der Waals surface area contributed by atoms with E-state index >= 15 is 0 Å². The minimum atomic E-state index is -3.26. The number of carbonyl (C=O) groups excluding carboxylic acids is 1. The number of carbonyl (C=O) groups is 1. The average molecular weight is 304 g/mol. The highest BCUT2D eigenvalue weighted by Crippen LogP contribution is 2.28. The smallest absolute Gasteiger partial charge is 0.240 e. The number of aliphatic hydroxyl groups excluding tert-OH is 1. The van der Waals surface area contributed by atoms with E-state index in [1.54, 1.807) is 19.1 Å². The molecule has 2 rings (SSSR count). The summed E-state index contributed by atoms with van der Waals surface area (Å²) in [5.74, 6) is -0.484. The molecule has 1 aliphatic heterocycles. The van der Waals surface area contributed by atoms with Crippen molar-refractivity contribution in [3.8, 4) is 0 Å². The third-order valence-corrected chi connectivity index (χ3v) is 5.92. The average Bonchev–Trinajstić information content (AvgIpc) is 2.63. The summed E-state index contributed by atoms with van der Waals surface area (Å²) < 4.78 is 23.3. The second-order valence-corrected chi connectivity index (χ2v) is 8.23. The zero-order valence-corrected chi connectivity index (χ0v) is 13.0. The van der Waals surface area contributed by atoms with Crippen LogP contribution in [0.4, 0.5) is 0 Å². The Balaban J connectivity index is 2.16. The molecule has 0 spiro atoms. The molecular weight excluding hydrogens is 280 g/mol. The van der Waals surface area contributed by atoms with Gasteiger partial charge >= 0.3 is 0 Å². The predicted molar refractivity (Wildman–Crippen MR) is 75.6 cm³/mol. The van der Waals surface area contributed by atoms with Crippen molar-refractivity contribution in [3.63, 3.8) is 0 Å². The molecule has 1 heterocycles. The van der Waals surface area contributed by atoms with Crippen LogP contribution in [0.3, 0.4) is 0 Å². The van der Waals surface area contributed by atoms with Gasteiger partial charge in [-0.25, -0.2) is 13.4 Å². The summed E-state index contributed by atoms with van der Waals surface area (Å²) in [5.41, 5.74) is 0.